The van der Waals surface area contributed by atoms with E-state index in [0.717, 1.165) is 19.6 Å². The number of phenols is 1. The number of carbonyl (C=O) groups excluding carboxylic acids is 2. The second kappa shape index (κ2) is 14.8. The van der Waals surface area contributed by atoms with Crippen molar-refractivity contribution >= 4 is 24.3 Å². The van der Waals surface area contributed by atoms with Crippen molar-refractivity contribution in [2.45, 2.75) is 72.3 Å². The van der Waals surface area contributed by atoms with Gasteiger partial charge in [0.15, 0.2) is 0 Å². The first-order chi connectivity index (χ1) is 22.2. The predicted molar refractivity (Wildman–Crippen MR) is 185 cm³/mol. The Hall–Kier alpha value is -3.79. The number of hydrogen-bond donors (Lipinski definition) is 2. The summed E-state index contributed by atoms with van der Waals surface area (Å²) in [5.74, 6) is -0.384. The lowest BCUT2D eigenvalue weighted by molar-refractivity contribution is -0.143. The molecule has 0 saturated carbocycles. The largest absolute Gasteiger partial charge is 0.507 e. The van der Waals surface area contributed by atoms with Crippen LogP contribution in [-0.2, 0) is 15.2 Å². The Morgan fingerprint density at radius 2 is 1.40 bits per heavy atom. The average Bonchev–Trinajstić information content (AvgIpc) is 3.01. The Kier molecular flexibility index (Phi) is 11.4. The van der Waals surface area contributed by atoms with Gasteiger partial charge in [-0.25, -0.2) is 0 Å². The van der Waals surface area contributed by atoms with Gasteiger partial charge in [-0.15, -0.1) is 12.4 Å². The normalized spacial score (nSPS) is 19.7. The molecule has 2 unspecified atom stereocenters. The van der Waals surface area contributed by atoms with Crippen LogP contribution in [0.4, 0.5) is 0 Å². The van der Waals surface area contributed by atoms with Gasteiger partial charge in [0, 0.05) is 18.7 Å². The Labute approximate surface area is 289 Å². The molecule has 5 rings (SSSR count). The van der Waals surface area contributed by atoms with Gasteiger partial charge in [0.2, 0.25) is 0 Å². The molecule has 2 atom stereocenters. The number of aliphatic hydroxyl groups is 1. The second-order valence-electron chi connectivity index (χ2n) is 14.6. The third-order valence-electron chi connectivity index (χ3n) is 8.69. The highest BCUT2D eigenvalue weighted by Crippen LogP contribution is 2.54. The molecule has 2 aliphatic heterocycles. The summed E-state index contributed by atoms with van der Waals surface area (Å²) in [5.41, 5.74) is -1.79. The van der Waals surface area contributed by atoms with Crippen molar-refractivity contribution in [2.75, 3.05) is 32.8 Å². The first-order valence-corrected chi connectivity index (χ1v) is 16.4. The lowest BCUT2D eigenvalue weighted by Gasteiger charge is -2.42. The van der Waals surface area contributed by atoms with Crippen LogP contribution in [0.3, 0.4) is 0 Å². The second-order valence-corrected chi connectivity index (χ2v) is 14.6. The van der Waals surface area contributed by atoms with Crippen LogP contribution in [0.25, 0.3) is 0 Å². The van der Waals surface area contributed by atoms with Gasteiger partial charge in [-0.1, -0.05) is 30.7 Å². The molecule has 9 nitrogen and oxygen atoms in total. The van der Waals surface area contributed by atoms with Crippen LogP contribution in [0.15, 0.2) is 60.7 Å². The molecule has 3 aromatic carbocycles. The van der Waals surface area contributed by atoms with Crippen molar-refractivity contribution in [1.29, 1.82) is 0 Å². The molecular formula is C38H48ClNO8. The number of benzene rings is 3. The van der Waals surface area contributed by atoms with E-state index in [2.05, 4.69) is 4.90 Å². The maximum absolute atomic E-state index is 12.8. The molecular weight excluding hydrogens is 634 g/mol. The average molecular weight is 682 g/mol. The van der Waals surface area contributed by atoms with Gasteiger partial charge >= 0.3 is 11.9 Å². The molecule has 10 heteroatoms. The van der Waals surface area contributed by atoms with E-state index < -0.39 is 28.3 Å². The summed E-state index contributed by atoms with van der Waals surface area (Å²) in [5, 5.41) is 24.2. The molecule has 2 aliphatic rings. The number of halogens is 1. The number of aromatic hydroxyl groups is 1. The van der Waals surface area contributed by atoms with E-state index in [1.807, 2.05) is 12.1 Å². The number of ether oxygens (including phenoxy) is 4. The van der Waals surface area contributed by atoms with Crippen LogP contribution in [0.2, 0.25) is 0 Å². The number of carbonyl (C=O) groups is 2. The van der Waals surface area contributed by atoms with E-state index in [1.165, 1.54) is 31.4 Å². The predicted octanol–water partition coefficient (Wildman–Crippen LogP) is 6.99. The molecule has 0 bridgehead atoms. The smallest absolute Gasteiger partial charge is 0.316 e. The monoisotopic (exact) mass is 681 g/mol. The summed E-state index contributed by atoms with van der Waals surface area (Å²) in [6.45, 7) is 14.2. The number of likely N-dealkylation sites (tertiary alicyclic amines) is 1. The Morgan fingerprint density at radius 1 is 0.833 bits per heavy atom. The summed E-state index contributed by atoms with van der Waals surface area (Å²) >= 11 is 0. The number of phenolic OH excluding ortho intramolecular Hbond substituents is 1. The fourth-order valence-corrected chi connectivity index (χ4v) is 5.85. The third-order valence-corrected chi connectivity index (χ3v) is 8.69. The van der Waals surface area contributed by atoms with Crippen molar-refractivity contribution in [1.82, 2.24) is 4.90 Å². The minimum absolute atomic E-state index is 0. The number of piperidine rings is 1. The summed E-state index contributed by atoms with van der Waals surface area (Å²) in [6, 6.07) is 17.0. The number of fused-ring (bicyclic) bond motifs is 1. The molecule has 0 aromatic heterocycles. The standard InChI is InChI=1S/C38H47NO8.ClH/c1-36(2,3)34(41)46-28-14-10-25(11-15-28)30-24-45-32-23-29(47-35(42)37(4,5)6)22-31(40)33(32)38(30,43)26-12-16-27(17-13-26)44-21-20-39-18-8-7-9-19-39;/h10-17,22-23,30,40,43H,7-9,18-21,24H2,1-6H3;1H. The van der Waals surface area contributed by atoms with E-state index >= 15 is 0 Å². The SMILES string of the molecule is CC(C)(C)C(=O)Oc1ccc(C2COc3cc(OC(=O)C(C)(C)C)cc(O)c3C2(O)c2ccc(OCCN3CCCCC3)cc2)cc1.Cl. The van der Waals surface area contributed by atoms with Crippen molar-refractivity contribution in [2.24, 2.45) is 10.8 Å². The summed E-state index contributed by atoms with van der Waals surface area (Å²) < 4.78 is 23.3. The van der Waals surface area contributed by atoms with Gasteiger partial charge < -0.3 is 29.2 Å². The minimum Gasteiger partial charge on any atom is -0.507 e. The van der Waals surface area contributed by atoms with Crippen LogP contribution in [0.1, 0.15) is 83.4 Å². The highest BCUT2D eigenvalue weighted by atomic mass is 35.5. The van der Waals surface area contributed by atoms with Crippen molar-refractivity contribution < 1.29 is 38.7 Å². The Bertz CT molecular complexity index is 1570. The van der Waals surface area contributed by atoms with Crippen molar-refractivity contribution in [3.05, 3.63) is 77.4 Å². The zero-order valence-electron chi connectivity index (χ0n) is 28.7. The zero-order valence-corrected chi connectivity index (χ0v) is 29.5. The van der Waals surface area contributed by atoms with Crippen molar-refractivity contribution in [3.63, 3.8) is 0 Å². The number of rotatable bonds is 8. The van der Waals surface area contributed by atoms with Gasteiger partial charge in [-0.3, -0.25) is 14.5 Å². The zero-order chi connectivity index (χ0) is 34.0. The fourth-order valence-electron chi connectivity index (χ4n) is 5.85. The first kappa shape index (κ1) is 37.0. The quantitative estimate of drug-likeness (QED) is 0.192. The lowest BCUT2D eigenvalue weighted by atomic mass is 9.71. The van der Waals surface area contributed by atoms with E-state index in [-0.39, 0.29) is 47.8 Å². The van der Waals surface area contributed by atoms with Crippen LogP contribution >= 0.6 is 12.4 Å². The molecule has 0 spiro atoms. The molecule has 0 aliphatic carbocycles. The van der Waals surface area contributed by atoms with E-state index in [9.17, 15) is 19.8 Å². The summed E-state index contributed by atoms with van der Waals surface area (Å²) in [7, 11) is 0. The Balaban J connectivity index is 0.00000520. The van der Waals surface area contributed by atoms with Crippen LogP contribution in [-0.4, -0.2) is 59.9 Å². The highest BCUT2D eigenvalue weighted by Gasteiger charge is 2.49. The maximum Gasteiger partial charge on any atom is 0.316 e. The Morgan fingerprint density at radius 3 is 1.98 bits per heavy atom. The third kappa shape index (κ3) is 8.25. The molecule has 1 fully saturated rings. The van der Waals surface area contributed by atoms with E-state index in [4.69, 9.17) is 18.9 Å². The van der Waals surface area contributed by atoms with Gasteiger partial charge in [0.1, 0.15) is 41.0 Å². The molecule has 1 saturated heterocycles. The van der Waals surface area contributed by atoms with E-state index in [0.29, 0.717) is 29.2 Å². The molecule has 0 amide bonds. The van der Waals surface area contributed by atoms with Crippen LogP contribution < -0.4 is 18.9 Å². The molecule has 2 N–H and O–H groups in total. The number of hydrogen-bond acceptors (Lipinski definition) is 9. The molecule has 2 heterocycles. The van der Waals surface area contributed by atoms with Gasteiger partial charge in [0.25, 0.3) is 0 Å². The van der Waals surface area contributed by atoms with E-state index in [1.54, 1.807) is 77.9 Å². The molecule has 48 heavy (non-hydrogen) atoms. The van der Waals surface area contributed by atoms with Gasteiger partial charge in [-0.05, 0) is 103 Å². The molecule has 0 radical (unpaired) electrons. The van der Waals surface area contributed by atoms with Gasteiger partial charge in [0.05, 0.1) is 28.9 Å². The van der Waals surface area contributed by atoms with Gasteiger partial charge in [-0.2, -0.15) is 0 Å². The lowest BCUT2D eigenvalue weighted by Crippen LogP contribution is -2.42. The van der Waals surface area contributed by atoms with Crippen LogP contribution in [0, 0.1) is 10.8 Å². The topological polar surface area (TPSA) is 115 Å². The molecule has 3 aromatic rings. The summed E-state index contributed by atoms with van der Waals surface area (Å²) in [4.78, 5) is 27.5. The number of esters is 2. The van der Waals surface area contributed by atoms with Crippen LogP contribution in [0.5, 0.6) is 28.7 Å². The maximum atomic E-state index is 12.8. The fraction of sp³-hybridized carbons (Fsp3) is 0.474. The highest BCUT2D eigenvalue weighted by molar-refractivity contribution is 5.85. The summed E-state index contributed by atoms with van der Waals surface area (Å²) in [6.07, 6.45) is 3.72. The molecule has 260 valence electrons. The number of nitrogens with zero attached hydrogens (tertiary/aromatic N) is 1. The van der Waals surface area contributed by atoms with Crippen molar-refractivity contribution in [3.8, 4) is 28.7 Å². The minimum atomic E-state index is -1.75. The first-order valence-electron chi connectivity index (χ1n) is 16.4.